The Labute approximate surface area is 96.2 Å². The number of rotatable bonds is 8. The summed E-state index contributed by atoms with van der Waals surface area (Å²) in [5.74, 6) is 0.794. The van der Waals surface area contributed by atoms with Crippen LogP contribution in [0.5, 0.6) is 0 Å². The van der Waals surface area contributed by atoms with Crippen LogP contribution in [0.1, 0.15) is 53.4 Å². The van der Waals surface area contributed by atoms with E-state index in [0.29, 0.717) is 12.1 Å². The van der Waals surface area contributed by atoms with Crippen molar-refractivity contribution in [1.29, 1.82) is 0 Å². The summed E-state index contributed by atoms with van der Waals surface area (Å²) in [4.78, 5) is 2.47. The Kier molecular flexibility index (Phi) is 8.07. The van der Waals surface area contributed by atoms with Crippen LogP contribution in [0.15, 0.2) is 0 Å². The van der Waals surface area contributed by atoms with Crippen LogP contribution in [0.4, 0.5) is 0 Å². The standard InChI is InChI=1S/C13H30N2/c1-6-13(4)15(5)10-11(2)8-7-9-12(3)14/h11-13H,6-10,14H2,1-5H3. The molecule has 0 bridgehead atoms. The third-order valence-corrected chi connectivity index (χ3v) is 3.30. The lowest BCUT2D eigenvalue weighted by atomic mass is 10.0. The summed E-state index contributed by atoms with van der Waals surface area (Å²) in [6.45, 7) is 10.2. The normalized spacial score (nSPS) is 17.8. The first-order chi connectivity index (χ1) is 6.97. The molecule has 2 N–H and O–H groups in total. The minimum absolute atomic E-state index is 0.365. The third-order valence-electron chi connectivity index (χ3n) is 3.30. The molecular formula is C13H30N2. The van der Waals surface area contributed by atoms with Gasteiger partial charge in [-0.2, -0.15) is 0 Å². The predicted octanol–water partition coefficient (Wildman–Crippen LogP) is 2.87. The topological polar surface area (TPSA) is 29.3 Å². The molecule has 0 radical (unpaired) electrons. The number of nitrogens with two attached hydrogens (primary N) is 1. The van der Waals surface area contributed by atoms with Gasteiger partial charge in [0.2, 0.25) is 0 Å². The van der Waals surface area contributed by atoms with Crippen LogP contribution in [-0.4, -0.2) is 30.6 Å². The summed E-state index contributed by atoms with van der Waals surface area (Å²) in [6.07, 6.45) is 4.98. The lowest BCUT2D eigenvalue weighted by Gasteiger charge is -2.26. The van der Waals surface area contributed by atoms with Crippen molar-refractivity contribution in [3.8, 4) is 0 Å². The molecule has 3 unspecified atom stereocenters. The second-order valence-corrected chi connectivity index (χ2v) is 5.21. The Morgan fingerprint density at radius 3 is 2.20 bits per heavy atom. The summed E-state index contributed by atoms with van der Waals surface area (Å²) in [5.41, 5.74) is 5.74. The number of nitrogens with zero attached hydrogens (tertiary/aromatic N) is 1. The molecule has 0 aromatic carbocycles. The van der Waals surface area contributed by atoms with Gasteiger partial charge in [0.25, 0.3) is 0 Å². The molecule has 0 aliphatic rings. The number of hydrogen-bond acceptors (Lipinski definition) is 2. The van der Waals surface area contributed by atoms with Crippen LogP contribution in [0.2, 0.25) is 0 Å². The van der Waals surface area contributed by atoms with Gasteiger partial charge in [0, 0.05) is 18.6 Å². The van der Waals surface area contributed by atoms with Gasteiger partial charge >= 0.3 is 0 Å². The fraction of sp³-hybridized carbons (Fsp3) is 1.00. The second-order valence-electron chi connectivity index (χ2n) is 5.21. The molecule has 0 aromatic heterocycles. The van der Waals surface area contributed by atoms with E-state index in [0.717, 1.165) is 12.3 Å². The van der Waals surface area contributed by atoms with Crippen molar-refractivity contribution < 1.29 is 0 Å². The summed E-state index contributed by atoms with van der Waals surface area (Å²) in [7, 11) is 2.23. The summed E-state index contributed by atoms with van der Waals surface area (Å²) in [5, 5.41) is 0. The first-order valence-electron chi connectivity index (χ1n) is 6.43. The SMILES string of the molecule is CCC(C)N(C)CC(C)CCCC(C)N. The molecule has 2 nitrogen and oxygen atoms in total. The third kappa shape index (κ3) is 7.80. The van der Waals surface area contributed by atoms with Crippen LogP contribution in [-0.2, 0) is 0 Å². The molecule has 0 saturated heterocycles. The molecule has 0 aliphatic heterocycles. The van der Waals surface area contributed by atoms with E-state index in [1.165, 1.54) is 25.8 Å². The first-order valence-corrected chi connectivity index (χ1v) is 6.43. The quantitative estimate of drug-likeness (QED) is 0.673. The molecule has 2 heteroatoms. The highest BCUT2D eigenvalue weighted by atomic mass is 15.1. The lowest BCUT2D eigenvalue weighted by molar-refractivity contribution is 0.213. The van der Waals surface area contributed by atoms with Crippen LogP contribution >= 0.6 is 0 Å². The van der Waals surface area contributed by atoms with Gasteiger partial charge < -0.3 is 10.6 Å². The summed E-state index contributed by atoms with van der Waals surface area (Å²) >= 11 is 0. The largest absolute Gasteiger partial charge is 0.328 e. The zero-order valence-corrected chi connectivity index (χ0v) is 11.3. The highest BCUT2D eigenvalue weighted by Gasteiger charge is 2.10. The predicted molar refractivity (Wildman–Crippen MR) is 69.0 cm³/mol. The van der Waals surface area contributed by atoms with Gasteiger partial charge in [0.05, 0.1) is 0 Å². The highest BCUT2D eigenvalue weighted by molar-refractivity contribution is 4.65. The van der Waals surface area contributed by atoms with Crippen LogP contribution in [0.3, 0.4) is 0 Å². The maximum absolute atomic E-state index is 5.74. The van der Waals surface area contributed by atoms with Crippen molar-refractivity contribution in [2.24, 2.45) is 11.7 Å². The van der Waals surface area contributed by atoms with E-state index in [1.807, 2.05) is 0 Å². The van der Waals surface area contributed by atoms with E-state index in [9.17, 15) is 0 Å². The van der Waals surface area contributed by atoms with Crippen LogP contribution < -0.4 is 5.73 Å². The van der Waals surface area contributed by atoms with Crippen molar-refractivity contribution in [1.82, 2.24) is 4.90 Å². The maximum Gasteiger partial charge on any atom is 0.00613 e. The monoisotopic (exact) mass is 214 g/mol. The van der Waals surface area contributed by atoms with E-state index < -0.39 is 0 Å². The Morgan fingerprint density at radius 2 is 1.73 bits per heavy atom. The Bertz CT molecular complexity index is 145. The number of hydrogen-bond donors (Lipinski definition) is 1. The smallest absolute Gasteiger partial charge is 0.00613 e. The van der Waals surface area contributed by atoms with E-state index in [-0.39, 0.29) is 0 Å². The average molecular weight is 214 g/mol. The molecule has 92 valence electrons. The van der Waals surface area contributed by atoms with Crippen molar-refractivity contribution in [3.63, 3.8) is 0 Å². The molecule has 0 amide bonds. The molecule has 0 saturated carbocycles. The van der Waals surface area contributed by atoms with Crippen molar-refractivity contribution in [2.75, 3.05) is 13.6 Å². The summed E-state index contributed by atoms with van der Waals surface area (Å²) in [6, 6.07) is 1.07. The molecule has 3 atom stereocenters. The molecule has 0 spiro atoms. The van der Waals surface area contributed by atoms with Gasteiger partial charge in [-0.3, -0.25) is 0 Å². The Hall–Kier alpha value is -0.0800. The van der Waals surface area contributed by atoms with E-state index in [1.54, 1.807) is 0 Å². The summed E-state index contributed by atoms with van der Waals surface area (Å²) < 4.78 is 0. The molecule has 0 aliphatic carbocycles. The Morgan fingerprint density at radius 1 is 1.13 bits per heavy atom. The van der Waals surface area contributed by atoms with E-state index in [2.05, 4.69) is 39.6 Å². The molecule has 15 heavy (non-hydrogen) atoms. The van der Waals surface area contributed by atoms with Gasteiger partial charge in [-0.15, -0.1) is 0 Å². The fourth-order valence-electron chi connectivity index (χ4n) is 1.86. The van der Waals surface area contributed by atoms with Crippen LogP contribution in [0.25, 0.3) is 0 Å². The zero-order valence-electron chi connectivity index (χ0n) is 11.3. The van der Waals surface area contributed by atoms with Crippen LogP contribution in [0, 0.1) is 5.92 Å². The Balaban J connectivity index is 3.59. The van der Waals surface area contributed by atoms with Gasteiger partial charge in [-0.25, -0.2) is 0 Å². The average Bonchev–Trinajstić information content (AvgIpc) is 2.15. The zero-order chi connectivity index (χ0) is 11.8. The first kappa shape index (κ1) is 14.9. The van der Waals surface area contributed by atoms with Gasteiger partial charge in [-0.1, -0.05) is 20.3 Å². The van der Waals surface area contributed by atoms with Crippen molar-refractivity contribution >= 4 is 0 Å². The second kappa shape index (κ2) is 8.12. The van der Waals surface area contributed by atoms with Crippen molar-refractivity contribution in [2.45, 2.75) is 65.5 Å². The van der Waals surface area contributed by atoms with Gasteiger partial charge in [-0.05, 0) is 46.1 Å². The molecule has 0 fully saturated rings. The van der Waals surface area contributed by atoms with E-state index >= 15 is 0 Å². The fourth-order valence-corrected chi connectivity index (χ4v) is 1.86. The minimum Gasteiger partial charge on any atom is -0.328 e. The van der Waals surface area contributed by atoms with Gasteiger partial charge in [0.1, 0.15) is 0 Å². The molecule has 0 heterocycles. The van der Waals surface area contributed by atoms with Crippen molar-refractivity contribution in [3.05, 3.63) is 0 Å². The van der Waals surface area contributed by atoms with Gasteiger partial charge in [0.15, 0.2) is 0 Å². The molecule has 0 rings (SSSR count). The molecule has 0 aromatic rings. The molecular weight excluding hydrogens is 184 g/mol. The lowest BCUT2D eigenvalue weighted by Crippen LogP contribution is -2.32. The minimum atomic E-state index is 0.365. The highest BCUT2D eigenvalue weighted by Crippen LogP contribution is 2.12. The van der Waals surface area contributed by atoms with E-state index in [4.69, 9.17) is 5.73 Å². The maximum atomic E-state index is 5.74.